The SMILES string of the molecule is NCc1ccc(F)c(CSCc2ccc(Cl)cc2)c1. The van der Waals surface area contributed by atoms with Crippen molar-refractivity contribution in [3.63, 3.8) is 0 Å². The lowest BCUT2D eigenvalue weighted by Gasteiger charge is -2.06. The molecular formula is C15H15ClFNS. The molecule has 0 aliphatic rings. The molecule has 0 aliphatic carbocycles. The molecule has 0 saturated carbocycles. The van der Waals surface area contributed by atoms with E-state index < -0.39 is 0 Å². The average molecular weight is 296 g/mol. The Kier molecular flexibility index (Phi) is 5.25. The normalized spacial score (nSPS) is 10.7. The van der Waals surface area contributed by atoms with E-state index in [1.165, 1.54) is 11.6 Å². The molecule has 19 heavy (non-hydrogen) atoms. The van der Waals surface area contributed by atoms with Crippen molar-refractivity contribution >= 4 is 23.4 Å². The van der Waals surface area contributed by atoms with E-state index in [4.69, 9.17) is 17.3 Å². The molecule has 0 aromatic heterocycles. The van der Waals surface area contributed by atoms with Crippen molar-refractivity contribution in [2.24, 2.45) is 5.73 Å². The highest BCUT2D eigenvalue weighted by Gasteiger charge is 2.04. The summed E-state index contributed by atoms with van der Waals surface area (Å²) >= 11 is 7.50. The summed E-state index contributed by atoms with van der Waals surface area (Å²) in [6.45, 7) is 0.440. The lowest BCUT2D eigenvalue weighted by Crippen LogP contribution is -1.98. The van der Waals surface area contributed by atoms with Gasteiger partial charge in [0.25, 0.3) is 0 Å². The average Bonchev–Trinajstić information content (AvgIpc) is 2.43. The quantitative estimate of drug-likeness (QED) is 0.886. The highest BCUT2D eigenvalue weighted by atomic mass is 35.5. The van der Waals surface area contributed by atoms with Gasteiger partial charge in [0.2, 0.25) is 0 Å². The van der Waals surface area contributed by atoms with Crippen LogP contribution in [-0.4, -0.2) is 0 Å². The minimum atomic E-state index is -0.166. The molecule has 0 atom stereocenters. The third-order valence-corrected chi connectivity index (χ3v) is 4.09. The summed E-state index contributed by atoms with van der Waals surface area (Å²) in [5, 5.41) is 0.732. The van der Waals surface area contributed by atoms with E-state index in [2.05, 4.69) is 0 Å². The molecule has 4 heteroatoms. The first-order valence-electron chi connectivity index (χ1n) is 5.98. The van der Waals surface area contributed by atoms with Crippen molar-refractivity contribution in [3.05, 3.63) is 70.0 Å². The van der Waals surface area contributed by atoms with Crippen LogP contribution in [0.3, 0.4) is 0 Å². The van der Waals surface area contributed by atoms with Gasteiger partial charge in [0.15, 0.2) is 0 Å². The first-order valence-corrected chi connectivity index (χ1v) is 7.52. The van der Waals surface area contributed by atoms with Gasteiger partial charge in [-0.1, -0.05) is 35.9 Å². The standard InChI is InChI=1S/C15H15ClFNS/c16-14-4-1-11(2-5-14)9-19-10-13-7-12(8-18)3-6-15(13)17/h1-7H,8-10,18H2. The van der Waals surface area contributed by atoms with Crippen molar-refractivity contribution in [3.8, 4) is 0 Å². The summed E-state index contributed by atoms with van der Waals surface area (Å²) in [5.41, 5.74) is 8.42. The molecule has 0 fully saturated rings. The van der Waals surface area contributed by atoms with E-state index in [1.807, 2.05) is 30.3 Å². The fourth-order valence-electron chi connectivity index (χ4n) is 1.73. The maximum Gasteiger partial charge on any atom is 0.127 e. The highest BCUT2D eigenvalue weighted by molar-refractivity contribution is 7.97. The zero-order valence-corrected chi connectivity index (χ0v) is 12.0. The van der Waals surface area contributed by atoms with Crippen LogP contribution < -0.4 is 5.73 Å². The predicted octanol–water partition coefficient (Wildman–Crippen LogP) is 4.37. The van der Waals surface area contributed by atoms with Crippen LogP contribution in [0.25, 0.3) is 0 Å². The molecule has 0 heterocycles. The van der Waals surface area contributed by atoms with Crippen molar-refractivity contribution < 1.29 is 4.39 Å². The molecule has 2 aromatic rings. The zero-order chi connectivity index (χ0) is 13.7. The number of halogens is 2. The molecule has 0 unspecified atom stereocenters. The Balaban J connectivity index is 1.93. The van der Waals surface area contributed by atoms with Gasteiger partial charge in [0.1, 0.15) is 5.82 Å². The summed E-state index contributed by atoms with van der Waals surface area (Å²) in [5.74, 6) is 1.31. The molecule has 2 N–H and O–H groups in total. The van der Waals surface area contributed by atoms with E-state index in [0.29, 0.717) is 17.9 Å². The van der Waals surface area contributed by atoms with Crippen LogP contribution in [0.4, 0.5) is 4.39 Å². The summed E-state index contributed by atoms with van der Waals surface area (Å²) in [4.78, 5) is 0. The molecule has 0 spiro atoms. The molecule has 0 aliphatic heterocycles. The van der Waals surface area contributed by atoms with Crippen LogP contribution in [0, 0.1) is 5.82 Å². The van der Waals surface area contributed by atoms with E-state index in [0.717, 1.165) is 16.3 Å². The molecule has 1 nitrogen and oxygen atoms in total. The van der Waals surface area contributed by atoms with E-state index >= 15 is 0 Å². The molecule has 0 bridgehead atoms. The fraction of sp³-hybridized carbons (Fsp3) is 0.200. The Morgan fingerprint density at radius 1 is 1.00 bits per heavy atom. The third kappa shape index (κ3) is 4.23. The second-order valence-corrected chi connectivity index (χ2v) is 5.67. The minimum absolute atomic E-state index is 0.166. The number of rotatable bonds is 5. The molecular weight excluding hydrogens is 281 g/mol. The van der Waals surface area contributed by atoms with Gasteiger partial charge in [-0.2, -0.15) is 11.8 Å². The van der Waals surface area contributed by atoms with Gasteiger partial charge in [0, 0.05) is 23.1 Å². The monoisotopic (exact) mass is 295 g/mol. The molecule has 2 aromatic carbocycles. The van der Waals surface area contributed by atoms with E-state index in [1.54, 1.807) is 17.8 Å². The number of thioether (sulfide) groups is 1. The van der Waals surface area contributed by atoms with Crippen LogP contribution >= 0.6 is 23.4 Å². The third-order valence-electron chi connectivity index (χ3n) is 2.79. The topological polar surface area (TPSA) is 26.0 Å². The van der Waals surface area contributed by atoms with Gasteiger partial charge >= 0.3 is 0 Å². The second-order valence-electron chi connectivity index (χ2n) is 4.25. The van der Waals surface area contributed by atoms with Gasteiger partial charge in [0.05, 0.1) is 0 Å². The van der Waals surface area contributed by atoms with Gasteiger partial charge in [-0.15, -0.1) is 0 Å². The first-order chi connectivity index (χ1) is 9.19. The lowest BCUT2D eigenvalue weighted by atomic mass is 10.1. The second kappa shape index (κ2) is 6.94. The fourth-order valence-corrected chi connectivity index (χ4v) is 2.82. The Morgan fingerprint density at radius 3 is 2.37 bits per heavy atom. The van der Waals surface area contributed by atoms with Gasteiger partial charge < -0.3 is 5.73 Å². The number of hydrogen-bond donors (Lipinski definition) is 1. The van der Waals surface area contributed by atoms with Gasteiger partial charge in [-0.25, -0.2) is 4.39 Å². The number of benzene rings is 2. The maximum atomic E-state index is 13.6. The molecule has 100 valence electrons. The Hall–Kier alpha value is -1.03. The Morgan fingerprint density at radius 2 is 1.68 bits per heavy atom. The smallest absolute Gasteiger partial charge is 0.127 e. The van der Waals surface area contributed by atoms with Crippen LogP contribution in [0.2, 0.25) is 5.02 Å². The van der Waals surface area contributed by atoms with Crippen molar-refractivity contribution in [2.45, 2.75) is 18.1 Å². The minimum Gasteiger partial charge on any atom is -0.326 e. The van der Waals surface area contributed by atoms with Gasteiger partial charge in [-0.05, 0) is 34.9 Å². The Bertz CT molecular complexity index is 542. The Labute approximate surface area is 122 Å². The molecule has 0 radical (unpaired) electrons. The van der Waals surface area contributed by atoms with Gasteiger partial charge in [-0.3, -0.25) is 0 Å². The number of nitrogens with two attached hydrogens (primary N) is 1. The molecule has 0 saturated heterocycles. The zero-order valence-electron chi connectivity index (χ0n) is 10.4. The van der Waals surface area contributed by atoms with Crippen LogP contribution in [-0.2, 0) is 18.1 Å². The van der Waals surface area contributed by atoms with Crippen molar-refractivity contribution in [1.82, 2.24) is 0 Å². The molecule has 2 rings (SSSR count). The largest absolute Gasteiger partial charge is 0.326 e. The predicted molar refractivity (Wildman–Crippen MR) is 80.7 cm³/mol. The van der Waals surface area contributed by atoms with Crippen LogP contribution in [0.1, 0.15) is 16.7 Å². The van der Waals surface area contributed by atoms with E-state index in [9.17, 15) is 4.39 Å². The van der Waals surface area contributed by atoms with Crippen molar-refractivity contribution in [1.29, 1.82) is 0 Å². The number of hydrogen-bond acceptors (Lipinski definition) is 2. The molecule has 0 amide bonds. The summed E-state index contributed by atoms with van der Waals surface area (Å²) in [7, 11) is 0. The van der Waals surface area contributed by atoms with Crippen LogP contribution in [0.15, 0.2) is 42.5 Å². The van der Waals surface area contributed by atoms with E-state index in [-0.39, 0.29) is 5.82 Å². The summed E-state index contributed by atoms with van der Waals surface area (Å²) < 4.78 is 13.6. The summed E-state index contributed by atoms with van der Waals surface area (Å²) in [6, 6.07) is 12.8. The summed E-state index contributed by atoms with van der Waals surface area (Å²) in [6.07, 6.45) is 0. The highest BCUT2D eigenvalue weighted by Crippen LogP contribution is 2.21. The lowest BCUT2D eigenvalue weighted by molar-refractivity contribution is 0.616. The first kappa shape index (κ1) is 14.4. The maximum absolute atomic E-state index is 13.6. The van der Waals surface area contributed by atoms with Crippen LogP contribution in [0.5, 0.6) is 0 Å². The van der Waals surface area contributed by atoms with Crippen molar-refractivity contribution in [2.75, 3.05) is 0 Å².